The molecule has 164 valence electrons. The third-order valence-electron chi connectivity index (χ3n) is 4.50. The summed E-state index contributed by atoms with van der Waals surface area (Å²) in [5.74, 6) is 1.30. The van der Waals surface area contributed by atoms with Gasteiger partial charge in [-0.2, -0.15) is 13.2 Å². The molecular formula is C22H22F3N3O3. The molecule has 2 heterocycles. The Morgan fingerprint density at radius 2 is 1.68 bits per heavy atom. The Labute approximate surface area is 177 Å². The Balaban J connectivity index is 0.000000401. The van der Waals surface area contributed by atoms with E-state index in [0.29, 0.717) is 11.8 Å². The van der Waals surface area contributed by atoms with Gasteiger partial charge in [0.1, 0.15) is 5.69 Å². The molecule has 0 amide bonds. The number of hydrogen-bond donors (Lipinski definition) is 1. The molecule has 0 aliphatic carbocycles. The monoisotopic (exact) mass is 433 g/mol. The molecule has 0 unspecified atom stereocenters. The number of carbonyl (C=O) groups is 1. The molecule has 1 N–H and O–H groups in total. The summed E-state index contributed by atoms with van der Waals surface area (Å²) in [5.41, 5.74) is 4.01. The highest BCUT2D eigenvalue weighted by molar-refractivity contribution is 5.74. The van der Waals surface area contributed by atoms with Crippen LogP contribution in [0.25, 0.3) is 22.7 Å². The van der Waals surface area contributed by atoms with E-state index in [1.54, 1.807) is 0 Å². The van der Waals surface area contributed by atoms with Gasteiger partial charge in [-0.1, -0.05) is 36.4 Å². The van der Waals surface area contributed by atoms with E-state index < -0.39 is 12.5 Å². The Hall–Kier alpha value is -3.33. The van der Waals surface area contributed by atoms with E-state index in [1.807, 2.05) is 49.5 Å². The van der Waals surface area contributed by atoms with Crippen molar-refractivity contribution in [1.82, 2.24) is 4.98 Å². The second kappa shape index (κ2) is 10.1. The summed E-state index contributed by atoms with van der Waals surface area (Å²) in [6.45, 7) is 3.36. The van der Waals surface area contributed by atoms with Crippen molar-refractivity contribution in [2.45, 2.75) is 6.18 Å². The van der Waals surface area contributed by atoms with Crippen LogP contribution in [0.5, 0.6) is 0 Å². The molecule has 1 aromatic heterocycles. The Morgan fingerprint density at radius 1 is 1.03 bits per heavy atom. The number of aldehydes is 1. The predicted molar refractivity (Wildman–Crippen MR) is 112 cm³/mol. The van der Waals surface area contributed by atoms with Gasteiger partial charge in [0.2, 0.25) is 18.1 Å². The average Bonchev–Trinajstić information content (AvgIpc) is 3.25. The minimum Gasteiger partial charge on any atom is -0.420 e. The lowest BCUT2D eigenvalue weighted by atomic mass is 10.1. The first-order valence-electron chi connectivity index (χ1n) is 9.61. The minimum atomic E-state index is -4.64. The number of benzene rings is 2. The van der Waals surface area contributed by atoms with Gasteiger partial charge in [-0.25, -0.2) is 4.98 Å². The number of halogens is 3. The maximum Gasteiger partial charge on any atom is 0.446 e. The van der Waals surface area contributed by atoms with Crippen molar-refractivity contribution in [3.05, 3.63) is 54.6 Å². The van der Waals surface area contributed by atoms with Crippen LogP contribution in [0, 0.1) is 0 Å². The smallest absolute Gasteiger partial charge is 0.420 e. The van der Waals surface area contributed by atoms with Gasteiger partial charge >= 0.3 is 6.18 Å². The van der Waals surface area contributed by atoms with E-state index in [0.717, 1.165) is 43.1 Å². The molecule has 4 rings (SSSR count). The lowest BCUT2D eigenvalue weighted by Crippen LogP contribution is -2.36. The standard InChI is InChI=1S/C20H21N3O2.C2HF3O/c1-21-20-18(15-6-3-2-4-7-15)22-19(25-20)16-8-5-9-17(14-16)23-10-12-24-13-11-23;3-2(4,5)1-6/h2-9,14,21H,10-13H2,1H3;1H. The number of morpholine rings is 1. The average molecular weight is 433 g/mol. The molecule has 0 atom stereocenters. The maximum atomic E-state index is 10.4. The first-order valence-corrected chi connectivity index (χ1v) is 9.61. The summed E-state index contributed by atoms with van der Waals surface area (Å²) >= 11 is 0. The molecule has 1 aliphatic heterocycles. The lowest BCUT2D eigenvalue weighted by molar-refractivity contribution is -0.156. The van der Waals surface area contributed by atoms with Gasteiger partial charge in [0.25, 0.3) is 0 Å². The van der Waals surface area contributed by atoms with Crippen LogP contribution in [-0.2, 0) is 9.53 Å². The van der Waals surface area contributed by atoms with Gasteiger partial charge in [-0.15, -0.1) is 0 Å². The topological polar surface area (TPSA) is 67.6 Å². The van der Waals surface area contributed by atoms with E-state index in [2.05, 4.69) is 22.3 Å². The number of oxazole rings is 1. The molecule has 0 saturated carbocycles. The van der Waals surface area contributed by atoms with Crippen LogP contribution in [0.1, 0.15) is 0 Å². The molecule has 31 heavy (non-hydrogen) atoms. The van der Waals surface area contributed by atoms with Crippen LogP contribution >= 0.6 is 0 Å². The zero-order valence-corrected chi connectivity index (χ0v) is 16.9. The van der Waals surface area contributed by atoms with E-state index >= 15 is 0 Å². The number of aromatic nitrogens is 1. The molecule has 9 heteroatoms. The van der Waals surface area contributed by atoms with E-state index in [4.69, 9.17) is 18.9 Å². The second-order valence-corrected chi connectivity index (χ2v) is 6.62. The molecule has 0 bridgehead atoms. The van der Waals surface area contributed by atoms with E-state index in [9.17, 15) is 13.2 Å². The molecular weight excluding hydrogens is 411 g/mol. The second-order valence-electron chi connectivity index (χ2n) is 6.62. The van der Waals surface area contributed by atoms with Gasteiger partial charge in [-0.3, -0.25) is 4.79 Å². The highest BCUT2D eigenvalue weighted by Gasteiger charge is 2.25. The normalized spacial score (nSPS) is 13.9. The van der Waals surface area contributed by atoms with E-state index in [-0.39, 0.29) is 0 Å². The lowest BCUT2D eigenvalue weighted by Gasteiger charge is -2.29. The number of alkyl halides is 3. The number of rotatable bonds is 4. The number of hydrogen-bond acceptors (Lipinski definition) is 6. The molecule has 1 saturated heterocycles. The van der Waals surface area contributed by atoms with Gasteiger partial charge in [-0.05, 0) is 18.2 Å². The Kier molecular flexibility index (Phi) is 7.30. The zero-order valence-electron chi connectivity index (χ0n) is 16.9. The number of nitrogens with one attached hydrogen (secondary N) is 1. The van der Waals surface area contributed by atoms with Crippen molar-refractivity contribution < 1.29 is 27.1 Å². The molecule has 0 radical (unpaired) electrons. The number of anilines is 2. The molecule has 1 fully saturated rings. The first-order chi connectivity index (χ1) is 14.9. The van der Waals surface area contributed by atoms with Crippen LogP contribution in [0.4, 0.5) is 24.7 Å². The minimum absolute atomic E-state index is 0.623. The van der Waals surface area contributed by atoms with Gasteiger partial charge < -0.3 is 19.4 Å². The molecule has 2 aromatic carbocycles. The SMILES string of the molecule is CNc1oc(-c2cccc(N3CCOCC3)c2)nc1-c1ccccc1.O=CC(F)(F)F. The summed E-state index contributed by atoms with van der Waals surface area (Å²) in [6.07, 6.45) is -5.70. The highest BCUT2D eigenvalue weighted by Crippen LogP contribution is 2.33. The highest BCUT2D eigenvalue weighted by atomic mass is 19.4. The van der Waals surface area contributed by atoms with Crippen molar-refractivity contribution in [3.8, 4) is 22.7 Å². The third kappa shape index (κ3) is 6.08. The van der Waals surface area contributed by atoms with Crippen molar-refractivity contribution >= 4 is 17.9 Å². The van der Waals surface area contributed by atoms with Gasteiger partial charge in [0, 0.05) is 37.0 Å². The summed E-state index contributed by atoms with van der Waals surface area (Å²) in [4.78, 5) is 15.8. The van der Waals surface area contributed by atoms with Crippen LogP contribution in [0.3, 0.4) is 0 Å². The number of carbonyl (C=O) groups excluding carboxylic acids is 1. The Bertz CT molecular complexity index is 984. The van der Waals surface area contributed by atoms with Crippen molar-refractivity contribution in [2.24, 2.45) is 0 Å². The van der Waals surface area contributed by atoms with Crippen molar-refractivity contribution in [1.29, 1.82) is 0 Å². The molecule has 3 aromatic rings. The predicted octanol–water partition coefficient (Wildman–Crippen LogP) is 4.63. The number of nitrogens with zero attached hydrogens (tertiary/aromatic N) is 2. The summed E-state index contributed by atoms with van der Waals surface area (Å²) in [5, 5.41) is 3.11. The van der Waals surface area contributed by atoms with Gasteiger partial charge in [0.05, 0.1) is 13.2 Å². The third-order valence-corrected chi connectivity index (χ3v) is 4.50. The summed E-state index contributed by atoms with van der Waals surface area (Å²) in [7, 11) is 1.85. The summed E-state index contributed by atoms with van der Waals surface area (Å²) in [6, 6.07) is 18.4. The fourth-order valence-electron chi connectivity index (χ4n) is 3.06. The molecule has 1 aliphatic rings. The zero-order chi connectivity index (χ0) is 22.3. The summed E-state index contributed by atoms with van der Waals surface area (Å²) < 4.78 is 42.7. The largest absolute Gasteiger partial charge is 0.446 e. The maximum absolute atomic E-state index is 10.4. The van der Waals surface area contributed by atoms with Crippen molar-refractivity contribution in [3.63, 3.8) is 0 Å². The number of ether oxygens (including phenoxy) is 1. The van der Waals surface area contributed by atoms with E-state index in [1.165, 1.54) is 5.69 Å². The fourth-order valence-corrected chi connectivity index (χ4v) is 3.06. The molecule has 6 nitrogen and oxygen atoms in total. The first kappa shape index (κ1) is 22.4. The van der Waals surface area contributed by atoms with Crippen LogP contribution in [0.15, 0.2) is 59.0 Å². The van der Waals surface area contributed by atoms with Crippen LogP contribution in [-0.4, -0.2) is 50.8 Å². The fraction of sp³-hybridized carbons (Fsp3) is 0.273. The van der Waals surface area contributed by atoms with Crippen LogP contribution in [0.2, 0.25) is 0 Å². The molecule has 0 spiro atoms. The quantitative estimate of drug-likeness (QED) is 0.605. The van der Waals surface area contributed by atoms with Crippen LogP contribution < -0.4 is 10.2 Å². The Morgan fingerprint density at radius 3 is 2.29 bits per heavy atom. The van der Waals surface area contributed by atoms with Crippen molar-refractivity contribution in [2.75, 3.05) is 43.6 Å². The van der Waals surface area contributed by atoms with Gasteiger partial charge in [0.15, 0.2) is 0 Å².